The van der Waals surface area contributed by atoms with Crippen molar-refractivity contribution in [1.82, 2.24) is 41.3 Å². The fourth-order valence-corrected chi connectivity index (χ4v) is 19.2. The summed E-state index contributed by atoms with van der Waals surface area (Å²) in [5.41, 5.74) is 6.80. The number of ether oxygens (including phenoxy) is 6. The van der Waals surface area contributed by atoms with Crippen LogP contribution in [0.15, 0.2) is 54.6 Å². The summed E-state index contributed by atoms with van der Waals surface area (Å²) >= 11 is 4.83. The maximum atomic E-state index is 14.9. The van der Waals surface area contributed by atoms with Crippen molar-refractivity contribution in [3.63, 3.8) is 0 Å². The Bertz CT molecular complexity index is 3450. The summed E-state index contributed by atoms with van der Waals surface area (Å²) in [6.07, 6.45) is 6.22. The molecule has 2 aromatic carbocycles. The predicted molar refractivity (Wildman–Crippen MR) is 449 cm³/mol. The summed E-state index contributed by atoms with van der Waals surface area (Å²) in [5.74, 6) is -5.41. The van der Waals surface area contributed by atoms with Gasteiger partial charge in [0, 0.05) is 94.1 Å². The first kappa shape index (κ1) is 97.4. The average molecular weight is 1680 g/mol. The summed E-state index contributed by atoms with van der Waals surface area (Å²) in [6, 6.07) is 8.51. The maximum Gasteiger partial charge on any atom is 0.410 e. The monoisotopic (exact) mass is 1680 g/mol. The number of aliphatic hydroxyl groups excluding tert-OH is 1. The highest BCUT2D eigenvalue weighted by atomic mass is 32.2. The number of fused-ring (bicyclic) bond motifs is 4. The normalized spacial score (nSPS) is 21.9. The molecule has 0 radical (unpaired) electrons. The Labute approximate surface area is 698 Å². The molecule has 0 aromatic heterocycles. The largest absolute Gasteiger partial charge is 0.462 e. The van der Waals surface area contributed by atoms with Crippen molar-refractivity contribution in [3.05, 3.63) is 65.7 Å². The van der Waals surface area contributed by atoms with E-state index in [-0.39, 0.29) is 106 Å². The number of esters is 3. The molecule has 2 unspecified atom stereocenters. The van der Waals surface area contributed by atoms with Gasteiger partial charge >= 0.3 is 30.0 Å². The minimum atomic E-state index is -1.16. The molecule has 29 nitrogen and oxygen atoms in total. The molecule has 650 valence electrons. The van der Waals surface area contributed by atoms with Gasteiger partial charge in [0.05, 0.1) is 73.8 Å². The van der Waals surface area contributed by atoms with Gasteiger partial charge in [0.15, 0.2) is 0 Å². The zero-order chi connectivity index (χ0) is 85.3. The average Bonchev–Trinajstić information content (AvgIpc) is 1.48. The third-order valence-corrected chi connectivity index (χ3v) is 26.0. The lowest BCUT2D eigenvalue weighted by atomic mass is 9.89. The number of nitrogens with zero attached hydrogens (tertiary/aromatic N) is 3. The van der Waals surface area contributed by atoms with Gasteiger partial charge in [-0.2, -0.15) is 35.3 Å². The van der Waals surface area contributed by atoms with Crippen LogP contribution in [0, 0.1) is 29.6 Å². The van der Waals surface area contributed by atoms with Crippen LogP contribution < -0.4 is 37.6 Å². The van der Waals surface area contributed by atoms with Crippen LogP contribution in [0.1, 0.15) is 208 Å². The lowest BCUT2D eigenvalue weighted by Crippen LogP contribution is -2.60. The van der Waals surface area contributed by atoms with E-state index in [9.17, 15) is 62.6 Å². The number of rotatable bonds is 38. The molecule has 4 bridgehead atoms. The highest BCUT2D eigenvalue weighted by molar-refractivity contribution is 8.00. The topological polar surface area (TPSA) is 388 Å². The third-order valence-electron chi connectivity index (χ3n) is 22.3. The molecule has 32 heteroatoms. The Hall–Kier alpha value is -7.39. The second kappa shape index (κ2) is 49.9. The lowest BCUT2D eigenvalue weighted by molar-refractivity contribution is -0.169. The maximum absolute atomic E-state index is 14.9. The number of likely N-dealkylation sites (tertiary alicyclic amines) is 1. The predicted octanol–water partition coefficient (Wildman–Crippen LogP) is 9.38. The summed E-state index contributed by atoms with van der Waals surface area (Å²) in [5, 5.41) is 28.6. The Morgan fingerprint density at radius 1 is 0.690 bits per heavy atom. The molecule has 10 amide bonds. The Morgan fingerprint density at radius 2 is 1.31 bits per heavy atom. The number of nitrogens with two attached hydrogens (primary N) is 1. The number of hydrogen-bond acceptors (Lipinski definition) is 22. The minimum Gasteiger partial charge on any atom is -0.462 e. The molecular formula is C84H132N10O19S3. The van der Waals surface area contributed by atoms with E-state index in [2.05, 4.69) is 31.9 Å². The number of nitrogens with one attached hydrogen (secondary N) is 6. The van der Waals surface area contributed by atoms with Crippen molar-refractivity contribution in [3.8, 4) is 0 Å². The van der Waals surface area contributed by atoms with Gasteiger partial charge < -0.3 is 81.0 Å². The molecule has 2 aliphatic heterocycles. The Morgan fingerprint density at radius 3 is 1.88 bits per heavy atom. The van der Waals surface area contributed by atoms with Crippen LogP contribution in [0.3, 0.4) is 0 Å². The van der Waals surface area contributed by atoms with Gasteiger partial charge in [-0.25, -0.2) is 9.59 Å². The fraction of sp³-hybridized carbons (Fsp3) is 0.714. The molecule has 0 spiro atoms. The van der Waals surface area contributed by atoms with Gasteiger partial charge in [-0.05, 0) is 98.8 Å². The van der Waals surface area contributed by atoms with Crippen LogP contribution in [0.5, 0.6) is 0 Å². The van der Waals surface area contributed by atoms with Crippen LogP contribution in [-0.2, 0) is 83.0 Å². The van der Waals surface area contributed by atoms with Gasteiger partial charge in [-0.15, -0.1) is 0 Å². The van der Waals surface area contributed by atoms with E-state index < -0.39 is 150 Å². The standard InChI is InChI=1S/C84H132N10O19S3/c1-15-53(8)75(66(108-13)47-68(96)94-39-24-30-65(94)77(109-14)54(9)78(101)87-55(10)76(100)57-25-19-18-20-26-57)92(11)82(105)73(51(4)5)91-81(104)74(52(6)7)93(12)84(107)110-48-56-31-33-58(34-32-56)88-79(102)64(29-23-38-86-83(85)106)89-80(103)72(50(2)3)90-67(95)49-114-40-35-69(97)111-59-43-60-45-61(44-59)113-71(99)37-42-116-63-28-22-17-16-21-27-62(46-63)115-41-36-70(98)112-60/h18-20,25-26,31-34,50-55,59-66,72-77,100H,15-17,21-24,27-30,35-49H2,1-14H3,(H,87,101)(H,88,102)(H,89,103)(H,90,95)(H,91,104)(H3,85,86,106)/t53-,54+,55+,59-,60+,61-,62?,63?,64-,65-,66+,72-,73-,74-,75-,76+,77+/m0/s1. The number of carbonyl (C=O) groups excluding carboxylic acids is 12. The molecule has 2 saturated heterocycles. The fourth-order valence-electron chi connectivity index (χ4n) is 15.7. The van der Waals surface area contributed by atoms with E-state index >= 15 is 0 Å². The zero-order valence-corrected chi connectivity index (χ0v) is 73.0. The van der Waals surface area contributed by atoms with Crippen LogP contribution in [0.2, 0.25) is 0 Å². The Kier molecular flexibility index (Phi) is 41.9. The van der Waals surface area contributed by atoms with Gasteiger partial charge in [0.1, 0.15) is 49.1 Å². The molecule has 17 atom stereocenters. The van der Waals surface area contributed by atoms with E-state index in [4.69, 9.17) is 34.2 Å². The molecule has 2 aliphatic carbocycles. The second-order valence-electron chi connectivity index (χ2n) is 32.4. The quantitative estimate of drug-likeness (QED) is 0.0176. The van der Waals surface area contributed by atoms with E-state index in [0.29, 0.717) is 71.0 Å². The summed E-state index contributed by atoms with van der Waals surface area (Å²) in [6.45, 7) is 18.3. The number of aliphatic hydroxyl groups is 1. The summed E-state index contributed by atoms with van der Waals surface area (Å²) in [7, 11) is 6.07. The van der Waals surface area contributed by atoms with Gasteiger partial charge in [-0.3, -0.25) is 52.8 Å². The van der Waals surface area contributed by atoms with Crippen LogP contribution >= 0.6 is 35.3 Å². The van der Waals surface area contributed by atoms with Crippen molar-refractivity contribution in [2.75, 3.05) is 69.7 Å². The molecule has 116 heavy (non-hydrogen) atoms. The number of anilines is 1. The number of urea groups is 1. The molecule has 6 rings (SSSR count). The third kappa shape index (κ3) is 31.4. The first-order valence-corrected chi connectivity index (χ1v) is 44.8. The summed E-state index contributed by atoms with van der Waals surface area (Å²) in [4.78, 5) is 169. The van der Waals surface area contributed by atoms with Crippen LogP contribution in [0.25, 0.3) is 0 Å². The molecule has 9 N–H and O–H groups in total. The van der Waals surface area contributed by atoms with E-state index in [1.807, 2.05) is 55.6 Å². The number of primary amides is 1. The number of amides is 10. The number of carbonyl (C=O) groups is 12. The van der Waals surface area contributed by atoms with Crippen molar-refractivity contribution >= 4 is 112 Å². The first-order chi connectivity index (χ1) is 55.2. The first-order valence-electron chi connectivity index (χ1n) is 41.5. The number of methoxy groups -OCH3 is 2. The van der Waals surface area contributed by atoms with E-state index in [0.717, 1.165) is 31.0 Å². The van der Waals surface area contributed by atoms with E-state index in [1.165, 1.54) is 51.9 Å². The van der Waals surface area contributed by atoms with Crippen molar-refractivity contribution in [2.45, 2.75) is 287 Å². The zero-order valence-electron chi connectivity index (χ0n) is 70.6. The SMILES string of the molecule is CC[C@H](C)[C@@H]([C@@H](CC(=O)N1CCC[C@H]1[C@H](OC)[C@@H](C)C(=O)N[C@H](C)[C@@H](O)c1ccccc1)OC)N(C)C(=O)[C@@H](NC(=O)[C@H](C(C)C)N(C)C(=O)OCc1ccc(NC(=O)[C@H](CCCNC(N)=O)NC(=O)[C@@H](NC(=O)CSCCC(=O)O[C@H]2C[C@@H]3C[C@H](C2)OC(=O)CCSC2CCCCCCC(C2)SCCC(=O)O3)C(C)C)cc1)C(C)C. The van der Waals surface area contributed by atoms with Crippen molar-refractivity contribution in [1.29, 1.82) is 0 Å². The van der Waals surface area contributed by atoms with Crippen LogP contribution in [-0.4, -0.2) is 239 Å². The molecule has 4 fully saturated rings. The number of thioether (sulfide) groups is 3. The molecule has 4 aliphatic rings. The number of hydrogen-bond donors (Lipinski definition) is 8. The van der Waals surface area contributed by atoms with Crippen molar-refractivity contribution in [2.24, 2.45) is 35.3 Å². The minimum absolute atomic E-state index is 0.0484. The van der Waals surface area contributed by atoms with Crippen molar-refractivity contribution < 1.29 is 91.1 Å². The highest BCUT2D eigenvalue weighted by Crippen LogP contribution is 2.36. The molecule has 2 aromatic rings. The van der Waals surface area contributed by atoms with Gasteiger partial charge in [0.2, 0.25) is 41.4 Å². The van der Waals surface area contributed by atoms with Gasteiger partial charge in [-0.1, -0.05) is 137 Å². The second-order valence-corrected chi connectivity index (χ2v) is 36.3. The summed E-state index contributed by atoms with van der Waals surface area (Å²) < 4.78 is 35.5. The molecule has 2 saturated carbocycles. The molecular weight excluding hydrogens is 1550 g/mol. The number of benzene rings is 2. The number of likely N-dealkylation sites (N-methyl/N-ethyl adjacent to an activating group) is 2. The Balaban J connectivity index is 0.990. The lowest BCUT2D eigenvalue weighted by Gasteiger charge is -2.41. The molecule has 2 heterocycles. The van der Waals surface area contributed by atoms with E-state index in [1.54, 1.807) is 109 Å². The van der Waals surface area contributed by atoms with Crippen LogP contribution in [0.4, 0.5) is 15.3 Å². The highest BCUT2D eigenvalue weighted by Gasteiger charge is 2.45. The smallest absolute Gasteiger partial charge is 0.410 e. The van der Waals surface area contributed by atoms with Gasteiger partial charge in [0.25, 0.3) is 0 Å².